The zero-order chi connectivity index (χ0) is 11.4. The van der Waals surface area contributed by atoms with Gasteiger partial charge in [-0.2, -0.15) is 0 Å². The Kier molecular flexibility index (Phi) is 3.97. The van der Waals surface area contributed by atoms with Gasteiger partial charge in [-0.1, -0.05) is 36.2 Å². The van der Waals surface area contributed by atoms with Crippen molar-refractivity contribution >= 4 is 0 Å². The van der Waals surface area contributed by atoms with E-state index < -0.39 is 0 Å². The molecular formula is C14H22N2. The van der Waals surface area contributed by atoms with Gasteiger partial charge in [-0.15, -0.1) is 0 Å². The molecule has 1 aromatic rings. The number of nitrogens with zero attached hydrogens (tertiary/aromatic N) is 1. The molecule has 1 saturated heterocycles. The van der Waals surface area contributed by atoms with Gasteiger partial charge in [-0.25, -0.2) is 0 Å². The van der Waals surface area contributed by atoms with E-state index in [1.807, 2.05) is 0 Å². The molecule has 1 atom stereocenters. The maximum atomic E-state index is 5.94. The van der Waals surface area contributed by atoms with Crippen molar-refractivity contribution in [3.8, 4) is 0 Å². The number of piperidine rings is 1. The van der Waals surface area contributed by atoms with Crippen molar-refractivity contribution in [2.75, 3.05) is 19.6 Å². The average molecular weight is 218 g/mol. The molecule has 1 aliphatic rings. The monoisotopic (exact) mass is 218 g/mol. The number of likely N-dealkylation sites (tertiary alicyclic amines) is 1. The van der Waals surface area contributed by atoms with E-state index >= 15 is 0 Å². The number of benzene rings is 1. The quantitative estimate of drug-likeness (QED) is 0.844. The molecule has 0 unspecified atom stereocenters. The number of hydrogen-bond donors (Lipinski definition) is 1. The summed E-state index contributed by atoms with van der Waals surface area (Å²) in [6.07, 6.45) is 4.02. The second kappa shape index (κ2) is 5.46. The van der Waals surface area contributed by atoms with E-state index in [0.29, 0.717) is 6.04 Å². The second-order valence-electron chi connectivity index (χ2n) is 4.76. The van der Waals surface area contributed by atoms with Crippen LogP contribution in [0.1, 0.15) is 36.4 Å². The third-order valence-corrected chi connectivity index (χ3v) is 3.48. The Morgan fingerprint density at radius 2 is 2.00 bits per heavy atom. The van der Waals surface area contributed by atoms with E-state index in [4.69, 9.17) is 5.73 Å². The summed E-state index contributed by atoms with van der Waals surface area (Å²) in [5.74, 6) is 0. The SMILES string of the molecule is Cc1cccc([C@H](CN)N2CCCCC2)c1. The normalized spacial score (nSPS) is 19.6. The van der Waals surface area contributed by atoms with Gasteiger partial charge in [-0.05, 0) is 38.4 Å². The minimum atomic E-state index is 0.417. The Labute approximate surface area is 98.4 Å². The van der Waals surface area contributed by atoms with Gasteiger partial charge < -0.3 is 5.73 Å². The number of nitrogens with two attached hydrogens (primary N) is 1. The highest BCUT2D eigenvalue weighted by atomic mass is 15.2. The molecule has 2 rings (SSSR count). The first-order valence-electron chi connectivity index (χ1n) is 6.32. The molecule has 0 bridgehead atoms. The van der Waals surface area contributed by atoms with Crippen molar-refractivity contribution in [1.82, 2.24) is 4.90 Å². The van der Waals surface area contributed by atoms with E-state index in [-0.39, 0.29) is 0 Å². The highest BCUT2D eigenvalue weighted by Crippen LogP contribution is 2.24. The van der Waals surface area contributed by atoms with E-state index in [0.717, 1.165) is 6.54 Å². The smallest absolute Gasteiger partial charge is 0.0470 e. The van der Waals surface area contributed by atoms with Crippen LogP contribution in [0, 0.1) is 6.92 Å². The van der Waals surface area contributed by atoms with Crippen molar-refractivity contribution in [2.24, 2.45) is 5.73 Å². The Balaban J connectivity index is 2.14. The summed E-state index contributed by atoms with van der Waals surface area (Å²) in [4.78, 5) is 2.54. The van der Waals surface area contributed by atoms with Gasteiger partial charge in [-0.3, -0.25) is 4.90 Å². The van der Waals surface area contributed by atoms with Gasteiger partial charge in [0, 0.05) is 12.6 Å². The maximum absolute atomic E-state index is 5.94. The summed E-state index contributed by atoms with van der Waals surface area (Å²) in [6.45, 7) is 5.28. The fraction of sp³-hybridized carbons (Fsp3) is 0.571. The topological polar surface area (TPSA) is 29.3 Å². The number of rotatable bonds is 3. The van der Waals surface area contributed by atoms with Gasteiger partial charge in [0.25, 0.3) is 0 Å². The van der Waals surface area contributed by atoms with Crippen LogP contribution in [0.15, 0.2) is 24.3 Å². The lowest BCUT2D eigenvalue weighted by atomic mass is 10.0. The van der Waals surface area contributed by atoms with Crippen LogP contribution in [0.25, 0.3) is 0 Å². The first-order valence-corrected chi connectivity index (χ1v) is 6.32. The van der Waals surface area contributed by atoms with Crippen LogP contribution in [0.2, 0.25) is 0 Å². The summed E-state index contributed by atoms with van der Waals surface area (Å²) in [5.41, 5.74) is 8.65. The molecule has 0 amide bonds. The lowest BCUT2D eigenvalue weighted by Gasteiger charge is -2.34. The summed E-state index contributed by atoms with van der Waals surface area (Å²) in [7, 11) is 0. The van der Waals surface area contributed by atoms with E-state index in [9.17, 15) is 0 Å². The Bertz CT molecular complexity index is 329. The molecular weight excluding hydrogens is 196 g/mol. The van der Waals surface area contributed by atoms with Crippen molar-refractivity contribution in [1.29, 1.82) is 0 Å². The van der Waals surface area contributed by atoms with Crippen LogP contribution in [-0.2, 0) is 0 Å². The maximum Gasteiger partial charge on any atom is 0.0470 e. The minimum absolute atomic E-state index is 0.417. The van der Waals surface area contributed by atoms with Crippen LogP contribution < -0.4 is 5.73 Å². The lowest BCUT2D eigenvalue weighted by Crippen LogP contribution is -2.37. The van der Waals surface area contributed by atoms with Crippen LogP contribution in [0.5, 0.6) is 0 Å². The molecule has 1 fully saturated rings. The van der Waals surface area contributed by atoms with Crippen molar-refractivity contribution in [2.45, 2.75) is 32.2 Å². The van der Waals surface area contributed by atoms with E-state index in [1.165, 1.54) is 43.5 Å². The predicted octanol–water partition coefficient (Wildman–Crippen LogP) is 2.48. The van der Waals surface area contributed by atoms with Crippen molar-refractivity contribution in [3.05, 3.63) is 35.4 Å². The van der Waals surface area contributed by atoms with Crippen molar-refractivity contribution in [3.63, 3.8) is 0 Å². The Morgan fingerprint density at radius 1 is 1.25 bits per heavy atom. The predicted molar refractivity (Wildman–Crippen MR) is 68.4 cm³/mol. The minimum Gasteiger partial charge on any atom is -0.329 e. The van der Waals surface area contributed by atoms with Crippen LogP contribution >= 0.6 is 0 Å². The molecule has 2 heteroatoms. The van der Waals surface area contributed by atoms with Crippen LogP contribution in [-0.4, -0.2) is 24.5 Å². The Hall–Kier alpha value is -0.860. The fourth-order valence-corrected chi connectivity index (χ4v) is 2.60. The standard InChI is InChI=1S/C14H22N2/c1-12-6-5-7-13(10-12)14(11-15)16-8-3-2-4-9-16/h5-7,10,14H,2-4,8-9,11,15H2,1H3/t14-/m0/s1. The first-order chi connectivity index (χ1) is 7.81. The van der Waals surface area contributed by atoms with Gasteiger partial charge in [0.05, 0.1) is 0 Å². The number of hydrogen-bond acceptors (Lipinski definition) is 2. The summed E-state index contributed by atoms with van der Waals surface area (Å²) in [5, 5.41) is 0. The summed E-state index contributed by atoms with van der Waals surface area (Å²) in [6, 6.07) is 9.18. The molecule has 0 saturated carbocycles. The largest absolute Gasteiger partial charge is 0.329 e. The number of aryl methyl sites for hydroxylation is 1. The van der Waals surface area contributed by atoms with Gasteiger partial charge in [0.15, 0.2) is 0 Å². The van der Waals surface area contributed by atoms with Gasteiger partial charge >= 0.3 is 0 Å². The lowest BCUT2D eigenvalue weighted by molar-refractivity contribution is 0.167. The third-order valence-electron chi connectivity index (χ3n) is 3.48. The average Bonchev–Trinajstić information content (AvgIpc) is 2.31. The third kappa shape index (κ3) is 2.63. The molecule has 2 nitrogen and oxygen atoms in total. The molecule has 1 heterocycles. The van der Waals surface area contributed by atoms with E-state index in [1.54, 1.807) is 0 Å². The first kappa shape index (κ1) is 11.6. The van der Waals surface area contributed by atoms with Gasteiger partial charge in [0.2, 0.25) is 0 Å². The summed E-state index contributed by atoms with van der Waals surface area (Å²) < 4.78 is 0. The zero-order valence-electron chi connectivity index (χ0n) is 10.2. The molecule has 16 heavy (non-hydrogen) atoms. The molecule has 0 radical (unpaired) electrons. The second-order valence-corrected chi connectivity index (χ2v) is 4.76. The summed E-state index contributed by atoms with van der Waals surface area (Å²) >= 11 is 0. The van der Waals surface area contributed by atoms with Crippen LogP contribution in [0.4, 0.5) is 0 Å². The van der Waals surface area contributed by atoms with Crippen LogP contribution in [0.3, 0.4) is 0 Å². The molecule has 0 aromatic heterocycles. The Morgan fingerprint density at radius 3 is 2.62 bits per heavy atom. The molecule has 1 aliphatic heterocycles. The highest BCUT2D eigenvalue weighted by molar-refractivity contribution is 5.25. The van der Waals surface area contributed by atoms with Crippen molar-refractivity contribution < 1.29 is 0 Å². The molecule has 1 aromatic carbocycles. The molecule has 2 N–H and O–H groups in total. The van der Waals surface area contributed by atoms with E-state index in [2.05, 4.69) is 36.1 Å². The highest BCUT2D eigenvalue weighted by Gasteiger charge is 2.20. The molecule has 88 valence electrons. The molecule has 0 aliphatic carbocycles. The van der Waals surface area contributed by atoms with Gasteiger partial charge in [0.1, 0.15) is 0 Å². The zero-order valence-corrected chi connectivity index (χ0v) is 10.2. The fourth-order valence-electron chi connectivity index (χ4n) is 2.60. The molecule has 0 spiro atoms.